The molecule has 4 N–H and O–H groups in total. The summed E-state index contributed by atoms with van der Waals surface area (Å²) in [6, 6.07) is 5.16. The molecule has 3 heterocycles. The first kappa shape index (κ1) is 57.3. The lowest BCUT2D eigenvalue weighted by atomic mass is 9.97. The Labute approximate surface area is 438 Å². The number of fused-ring (bicyclic) bond motifs is 5. The number of nitrogen functional groups attached to an aromatic ring is 2. The van der Waals surface area contributed by atoms with Crippen LogP contribution in [0.25, 0.3) is 32.6 Å². The highest BCUT2D eigenvalue weighted by atomic mass is 33.1. The zero-order valence-electron chi connectivity index (χ0n) is 44.7. The number of ketones is 2. The molecule has 1 unspecified atom stereocenters. The molecule has 0 radical (unpaired) electrons. The number of Topliss-reactive ketones (excluding diaryl/α,β-unsaturated/α-hetero) is 2. The first-order chi connectivity index (χ1) is 34.7. The molecule has 5 aromatic rings. The number of hydrogen-bond acceptors (Lipinski definition) is 14. The van der Waals surface area contributed by atoms with Gasteiger partial charge in [0.05, 0.1) is 44.1 Å². The van der Waals surface area contributed by atoms with Crippen LogP contribution in [0.1, 0.15) is 185 Å². The van der Waals surface area contributed by atoms with Crippen molar-refractivity contribution in [2.45, 2.75) is 208 Å². The molecule has 2 aromatic heterocycles. The first-order valence-corrected chi connectivity index (χ1v) is 29.2. The molecule has 0 spiro atoms. The van der Waals surface area contributed by atoms with E-state index in [1.54, 1.807) is 53.7 Å². The summed E-state index contributed by atoms with van der Waals surface area (Å²) in [6.07, 6.45) is 21.5. The molecular weight excluding hydrogens is 965 g/mol. The molecule has 0 amide bonds. The SMILES string of the molecule is Cc1c(N)c2c3c(ccc2n1CCCCCCCCCCCCSSCCCCCCCCCCCn1c(C)c(N)c2c(OCC(=O)OC(C)(C)C)c4c(=O)c(=O)c4cc21)C(=O)C(=O)C(C(=O)OC(C)(C)C)O3. The third-order valence-corrected chi connectivity index (χ3v) is 16.2. The highest BCUT2D eigenvalue weighted by Gasteiger charge is 2.44. The van der Waals surface area contributed by atoms with E-state index in [1.807, 2.05) is 41.5 Å². The second kappa shape index (κ2) is 26.0. The summed E-state index contributed by atoms with van der Waals surface area (Å²) in [5, 5.41) is 1.64. The fraction of sp³-hybridized carbons (Fsp3) is 0.614. The number of nitrogens with two attached hydrogens (primary N) is 2. The van der Waals surface area contributed by atoms with Gasteiger partial charge in [0.1, 0.15) is 22.7 Å². The van der Waals surface area contributed by atoms with E-state index in [2.05, 4.69) is 9.13 Å². The summed E-state index contributed by atoms with van der Waals surface area (Å²) in [7, 11) is 4.06. The van der Waals surface area contributed by atoms with Crippen LogP contribution in [0.5, 0.6) is 11.5 Å². The maximum absolute atomic E-state index is 13.0. The molecule has 0 fully saturated rings. The van der Waals surface area contributed by atoms with Gasteiger partial charge in [0.2, 0.25) is 16.6 Å². The van der Waals surface area contributed by atoms with Crippen LogP contribution in [-0.4, -0.2) is 68.1 Å². The molecule has 0 saturated heterocycles. The lowest BCUT2D eigenvalue weighted by molar-refractivity contribution is -0.165. The Morgan fingerprint density at radius 1 is 0.603 bits per heavy atom. The lowest BCUT2D eigenvalue weighted by Gasteiger charge is -2.27. The van der Waals surface area contributed by atoms with Gasteiger partial charge in [-0.3, -0.25) is 19.2 Å². The van der Waals surface area contributed by atoms with E-state index in [9.17, 15) is 28.8 Å². The third-order valence-electron chi connectivity index (χ3n) is 13.7. The minimum absolute atomic E-state index is 0.121. The average molecular weight is 1050 g/mol. The van der Waals surface area contributed by atoms with Crippen LogP contribution in [0.3, 0.4) is 0 Å². The summed E-state index contributed by atoms with van der Waals surface area (Å²) in [4.78, 5) is 76.1. The van der Waals surface area contributed by atoms with Crippen molar-refractivity contribution in [3.8, 4) is 11.5 Å². The van der Waals surface area contributed by atoms with Crippen LogP contribution in [0, 0.1) is 13.8 Å². The predicted molar refractivity (Wildman–Crippen MR) is 298 cm³/mol. The molecular formula is C57H80N4O10S2. The highest BCUT2D eigenvalue weighted by Crippen LogP contribution is 2.42. The quantitative estimate of drug-likeness (QED) is 0.0145. The van der Waals surface area contributed by atoms with Crippen LogP contribution in [-0.2, 0) is 36.9 Å². The van der Waals surface area contributed by atoms with Gasteiger partial charge in [-0.1, -0.05) is 118 Å². The predicted octanol–water partition coefficient (Wildman–Crippen LogP) is 12.2. The van der Waals surface area contributed by atoms with Crippen molar-refractivity contribution in [1.82, 2.24) is 9.13 Å². The second-order valence-corrected chi connectivity index (χ2v) is 24.5. The van der Waals surface area contributed by atoms with E-state index in [0.29, 0.717) is 27.5 Å². The Balaban J connectivity index is 0.746. The van der Waals surface area contributed by atoms with Crippen LogP contribution >= 0.6 is 21.6 Å². The maximum atomic E-state index is 13.0. The number of aromatic nitrogens is 2. The van der Waals surface area contributed by atoms with E-state index in [4.69, 9.17) is 30.4 Å². The van der Waals surface area contributed by atoms with Gasteiger partial charge in [0, 0.05) is 41.4 Å². The van der Waals surface area contributed by atoms with E-state index >= 15 is 0 Å². The number of esters is 2. The molecule has 0 saturated carbocycles. The van der Waals surface area contributed by atoms with Crippen molar-refractivity contribution in [3.63, 3.8) is 0 Å². The average Bonchev–Trinajstić information content (AvgIpc) is 3.72. The maximum Gasteiger partial charge on any atom is 0.356 e. The summed E-state index contributed by atoms with van der Waals surface area (Å²) in [5.41, 5.74) is 14.8. The summed E-state index contributed by atoms with van der Waals surface area (Å²) in [5.74, 6) is -0.324. The summed E-state index contributed by atoms with van der Waals surface area (Å²) in [6.45, 7) is 15.4. The van der Waals surface area contributed by atoms with Gasteiger partial charge in [0.15, 0.2) is 6.61 Å². The largest absolute Gasteiger partial charge is 0.480 e. The van der Waals surface area contributed by atoms with E-state index < -0.39 is 51.7 Å². The zero-order chi connectivity index (χ0) is 53.0. The number of hydrogen-bond donors (Lipinski definition) is 2. The number of aryl methyl sites for hydroxylation is 2. The fourth-order valence-electron chi connectivity index (χ4n) is 9.86. The Kier molecular flexibility index (Phi) is 20.4. The molecule has 14 nitrogen and oxygen atoms in total. The minimum atomic E-state index is -1.65. The topological polar surface area (TPSA) is 201 Å². The van der Waals surface area contributed by atoms with Crippen molar-refractivity contribution >= 4 is 89.0 Å². The van der Waals surface area contributed by atoms with Crippen molar-refractivity contribution in [2.24, 2.45) is 0 Å². The van der Waals surface area contributed by atoms with Gasteiger partial charge < -0.3 is 39.5 Å². The monoisotopic (exact) mass is 1040 g/mol. The number of benzene rings is 2. The Bertz CT molecular complexity index is 2820. The van der Waals surface area contributed by atoms with E-state index in [1.165, 1.54) is 108 Å². The number of ether oxygens (including phenoxy) is 4. The standard InChI is InChI=1S/C57H80N4O10S2/c1-36-46(58)44-40(29-28-38-48(63)51(66)54(69-52(38)44)55(67)71-57(6,7)8)60(36)30-24-20-16-12-9-10-14-18-22-26-32-72-73-33-27-23-19-15-11-13-17-21-25-31-61-37(2)47(59)45-41(61)34-39-43(50(65)49(39)64)53(45)68-35-42(62)70-56(3,4)5/h28-29,34,54H,9-27,30-33,35,58-59H2,1-8H3. The molecule has 73 heavy (non-hydrogen) atoms. The van der Waals surface area contributed by atoms with Crippen LogP contribution in [0.15, 0.2) is 27.8 Å². The van der Waals surface area contributed by atoms with Gasteiger partial charge in [-0.05, 0) is 99.3 Å². The Hall–Kier alpha value is -4.96. The smallest absolute Gasteiger partial charge is 0.356 e. The summed E-state index contributed by atoms with van der Waals surface area (Å²) < 4.78 is 26.8. The number of carbonyl (C=O) groups excluding carboxylic acids is 4. The van der Waals surface area contributed by atoms with Crippen molar-refractivity contribution in [3.05, 3.63) is 55.6 Å². The number of unbranched alkanes of at least 4 members (excludes halogenated alkanes) is 17. The molecule has 3 aromatic carbocycles. The van der Waals surface area contributed by atoms with Gasteiger partial charge in [0.25, 0.3) is 11.9 Å². The Morgan fingerprint density at radius 3 is 1.58 bits per heavy atom. The van der Waals surface area contributed by atoms with Crippen LogP contribution in [0.4, 0.5) is 11.4 Å². The van der Waals surface area contributed by atoms with Gasteiger partial charge in [-0.2, -0.15) is 0 Å². The van der Waals surface area contributed by atoms with Gasteiger partial charge in [-0.15, -0.1) is 0 Å². The number of nitrogens with zero attached hydrogens (tertiary/aromatic N) is 2. The molecule has 0 bridgehead atoms. The van der Waals surface area contributed by atoms with Crippen LogP contribution in [0.2, 0.25) is 0 Å². The number of anilines is 2. The normalized spacial score (nSPS) is 14.2. The van der Waals surface area contributed by atoms with Crippen molar-refractivity contribution in [2.75, 3.05) is 29.6 Å². The minimum Gasteiger partial charge on any atom is -0.480 e. The third kappa shape index (κ3) is 14.7. The Morgan fingerprint density at radius 2 is 1.07 bits per heavy atom. The lowest BCUT2D eigenvalue weighted by Crippen LogP contribution is -2.46. The second-order valence-electron chi connectivity index (χ2n) is 21.8. The molecule has 1 aliphatic rings. The molecule has 1 aliphatic heterocycles. The first-order valence-electron chi connectivity index (χ1n) is 26.7. The van der Waals surface area contributed by atoms with E-state index in [0.717, 1.165) is 61.2 Å². The fourth-order valence-corrected chi connectivity index (χ4v) is 12.1. The molecule has 0 aliphatic carbocycles. The van der Waals surface area contributed by atoms with Gasteiger partial charge in [-0.25, -0.2) is 9.59 Å². The van der Waals surface area contributed by atoms with Crippen LogP contribution < -0.4 is 31.8 Å². The number of carbonyl (C=O) groups is 4. The van der Waals surface area contributed by atoms with Gasteiger partial charge >= 0.3 is 11.9 Å². The zero-order valence-corrected chi connectivity index (χ0v) is 46.4. The molecule has 400 valence electrons. The summed E-state index contributed by atoms with van der Waals surface area (Å²) >= 11 is 0. The van der Waals surface area contributed by atoms with E-state index in [-0.39, 0.29) is 29.1 Å². The molecule has 6 rings (SSSR count). The van der Waals surface area contributed by atoms with Crippen molar-refractivity contribution in [1.29, 1.82) is 0 Å². The molecule has 1 atom stereocenters. The highest BCUT2D eigenvalue weighted by molar-refractivity contribution is 8.76. The van der Waals surface area contributed by atoms with Crippen molar-refractivity contribution < 1.29 is 38.1 Å². The molecule has 16 heteroatoms. The number of rotatable bonds is 30.